The third-order valence-electron chi connectivity index (χ3n) is 4.32. The van der Waals surface area contributed by atoms with Crippen molar-refractivity contribution in [3.63, 3.8) is 0 Å². The molecular weight excluding hydrogens is 324 g/mol. The molecule has 0 saturated heterocycles. The van der Waals surface area contributed by atoms with E-state index in [1.54, 1.807) is 4.88 Å². The van der Waals surface area contributed by atoms with Crippen LogP contribution in [0.15, 0.2) is 16.4 Å². The summed E-state index contributed by atoms with van der Waals surface area (Å²) >= 11 is 3.82. The number of unbranched alkanes of at least 4 members (excludes halogenated alkanes) is 1. The van der Waals surface area contributed by atoms with Gasteiger partial charge in [0.25, 0.3) is 0 Å². The molecule has 6 heteroatoms. The second-order valence-electron chi connectivity index (χ2n) is 6.02. The molecule has 1 aliphatic rings. The second-order valence-corrected chi connectivity index (χ2v) is 8.00. The van der Waals surface area contributed by atoms with E-state index in [2.05, 4.69) is 45.2 Å². The van der Waals surface area contributed by atoms with E-state index in [4.69, 9.17) is 0 Å². The van der Waals surface area contributed by atoms with Gasteiger partial charge in [0.05, 0.1) is 0 Å². The number of fused-ring (bicyclic) bond motifs is 1. The van der Waals surface area contributed by atoms with Crippen molar-refractivity contribution in [1.29, 1.82) is 0 Å². The normalized spacial score (nSPS) is 16.9. The van der Waals surface area contributed by atoms with Gasteiger partial charge in [0.2, 0.25) is 0 Å². The topological polar surface area (TPSA) is 39.7 Å². The number of rotatable bonds is 8. The van der Waals surface area contributed by atoms with E-state index in [9.17, 15) is 0 Å². The lowest BCUT2D eigenvalue weighted by Gasteiger charge is -2.32. The average molecular weight is 355 g/mol. The van der Waals surface area contributed by atoms with Crippen LogP contribution in [0.25, 0.3) is 0 Å². The summed E-state index contributed by atoms with van der Waals surface area (Å²) in [4.78, 5) is 8.46. The van der Waals surface area contributed by atoms with Gasteiger partial charge in [-0.3, -0.25) is 9.89 Å². The van der Waals surface area contributed by atoms with Gasteiger partial charge in [0.15, 0.2) is 5.96 Å². The average Bonchev–Trinajstić information content (AvgIpc) is 3.04. The Hall–Kier alpha value is -0.720. The van der Waals surface area contributed by atoms with Crippen LogP contribution < -0.4 is 10.6 Å². The van der Waals surface area contributed by atoms with Gasteiger partial charge in [-0.25, -0.2) is 0 Å². The van der Waals surface area contributed by atoms with E-state index in [0.29, 0.717) is 6.04 Å². The molecule has 1 unspecified atom stereocenters. The summed E-state index contributed by atoms with van der Waals surface area (Å²) in [5.74, 6) is 2.17. The molecule has 0 aromatic carbocycles. The Kier molecular flexibility index (Phi) is 8.26. The Morgan fingerprint density at radius 3 is 3.09 bits per heavy atom. The van der Waals surface area contributed by atoms with Crippen molar-refractivity contribution in [3.8, 4) is 0 Å². The number of nitrogens with zero attached hydrogens (tertiary/aromatic N) is 2. The summed E-state index contributed by atoms with van der Waals surface area (Å²) in [6.07, 6.45) is 5.82. The lowest BCUT2D eigenvalue weighted by atomic mass is 10.1. The number of aliphatic imine (C=N–C) groups is 1. The van der Waals surface area contributed by atoms with Crippen LogP contribution in [0.5, 0.6) is 0 Å². The van der Waals surface area contributed by atoms with Crippen molar-refractivity contribution >= 4 is 29.1 Å². The summed E-state index contributed by atoms with van der Waals surface area (Å²) in [5, 5.41) is 9.10. The predicted molar refractivity (Wildman–Crippen MR) is 105 cm³/mol. The number of guanidine groups is 1. The molecule has 1 aromatic heterocycles. The third kappa shape index (κ3) is 6.01. The van der Waals surface area contributed by atoms with Crippen molar-refractivity contribution in [3.05, 3.63) is 21.9 Å². The standard InChI is InChI=1S/C17H30N4S2/c1-14(21-9-6-16-15(13-21)7-11-23-16)12-20-17(18-2)19-8-4-5-10-22-3/h7,11,14H,4-6,8-10,12-13H2,1-3H3,(H2,18,19,20). The highest BCUT2D eigenvalue weighted by molar-refractivity contribution is 7.98. The molecule has 23 heavy (non-hydrogen) atoms. The number of thioether (sulfide) groups is 1. The Labute approximate surface area is 149 Å². The first-order valence-electron chi connectivity index (χ1n) is 8.47. The van der Waals surface area contributed by atoms with Crippen molar-refractivity contribution < 1.29 is 0 Å². The van der Waals surface area contributed by atoms with Gasteiger partial charge >= 0.3 is 0 Å². The molecular formula is C17H30N4S2. The molecule has 1 atom stereocenters. The van der Waals surface area contributed by atoms with Crippen LogP contribution in [-0.2, 0) is 13.0 Å². The molecule has 1 aliphatic heterocycles. The van der Waals surface area contributed by atoms with E-state index in [1.807, 2.05) is 30.1 Å². The third-order valence-corrected chi connectivity index (χ3v) is 6.04. The fourth-order valence-electron chi connectivity index (χ4n) is 2.82. The van der Waals surface area contributed by atoms with Crippen molar-refractivity contribution in [2.24, 2.45) is 4.99 Å². The minimum Gasteiger partial charge on any atom is -0.356 e. The zero-order valence-corrected chi connectivity index (χ0v) is 16.2. The quantitative estimate of drug-likeness (QED) is 0.428. The van der Waals surface area contributed by atoms with Crippen LogP contribution in [0.1, 0.15) is 30.2 Å². The van der Waals surface area contributed by atoms with Crippen molar-refractivity contribution in [2.75, 3.05) is 38.7 Å². The largest absolute Gasteiger partial charge is 0.356 e. The fourth-order valence-corrected chi connectivity index (χ4v) is 4.20. The molecule has 0 aliphatic carbocycles. The highest BCUT2D eigenvalue weighted by atomic mass is 32.2. The molecule has 2 heterocycles. The zero-order chi connectivity index (χ0) is 16.5. The van der Waals surface area contributed by atoms with Crippen molar-refractivity contribution in [1.82, 2.24) is 15.5 Å². The molecule has 2 N–H and O–H groups in total. The van der Waals surface area contributed by atoms with Crippen LogP contribution in [-0.4, -0.2) is 55.6 Å². The molecule has 0 amide bonds. The number of nitrogens with one attached hydrogen (secondary N) is 2. The van der Waals surface area contributed by atoms with E-state index in [-0.39, 0.29) is 0 Å². The molecule has 130 valence electrons. The monoisotopic (exact) mass is 354 g/mol. The molecule has 2 rings (SSSR count). The molecule has 1 aromatic rings. The zero-order valence-electron chi connectivity index (χ0n) is 14.6. The lowest BCUT2D eigenvalue weighted by molar-refractivity contribution is 0.192. The van der Waals surface area contributed by atoms with Gasteiger partial charge in [-0.2, -0.15) is 11.8 Å². The minimum atomic E-state index is 0.512. The molecule has 0 bridgehead atoms. The maximum atomic E-state index is 4.32. The predicted octanol–water partition coefficient (Wildman–Crippen LogP) is 2.80. The van der Waals surface area contributed by atoms with E-state index in [1.165, 1.54) is 30.6 Å². The Bertz CT molecular complexity index is 487. The summed E-state index contributed by atoms with van der Waals surface area (Å²) in [6, 6.07) is 2.79. The Morgan fingerprint density at radius 2 is 2.30 bits per heavy atom. The Balaban J connectivity index is 1.67. The van der Waals surface area contributed by atoms with Crippen LogP contribution in [0.4, 0.5) is 0 Å². The van der Waals surface area contributed by atoms with E-state index in [0.717, 1.165) is 32.1 Å². The van der Waals surface area contributed by atoms with Gasteiger partial charge in [-0.15, -0.1) is 11.3 Å². The summed E-state index contributed by atoms with van der Waals surface area (Å²) in [7, 11) is 1.85. The first-order chi connectivity index (χ1) is 11.2. The van der Waals surface area contributed by atoms with Gasteiger partial charge < -0.3 is 10.6 Å². The second kappa shape index (κ2) is 10.2. The molecule has 0 radical (unpaired) electrons. The van der Waals surface area contributed by atoms with Crippen LogP contribution in [0.3, 0.4) is 0 Å². The maximum Gasteiger partial charge on any atom is 0.191 e. The van der Waals surface area contributed by atoms with E-state index >= 15 is 0 Å². The summed E-state index contributed by atoms with van der Waals surface area (Å²) < 4.78 is 0. The Morgan fingerprint density at radius 1 is 1.43 bits per heavy atom. The summed E-state index contributed by atoms with van der Waals surface area (Å²) in [5.41, 5.74) is 1.52. The fraction of sp³-hybridized carbons (Fsp3) is 0.706. The molecule has 0 spiro atoms. The highest BCUT2D eigenvalue weighted by Gasteiger charge is 2.21. The van der Waals surface area contributed by atoms with E-state index < -0.39 is 0 Å². The smallest absolute Gasteiger partial charge is 0.191 e. The van der Waals surface area contributed by atoms with Gasteiger partial charge in [-0.05, 0) is 55.2 Å². The SMILES string of the molecule is CN=C(NCCCCSC)NCC(C)N1CCc2sccc2C1. The first-order valence-corrected chi connectivity index (χ1v) is 10.7. The van der Waals surface area contributed by atoms with Gasteiger partial charge in [-0.1, -0.05) is 0 Å². The number of hydrogen-bond donors (Lipinski definition) is 2. The number of hydrogen-bond acceptors (Lipinski definition) is 4. The molecule has 0 fully saturated rings. The van der Waals surface area contributed by atoms with Gasteiger partial charge in [0.1, 0.15) is 0 Å². The maximum absolute atomic E-state index is 4.32. The lowest BCUT2D eigenvalue weighted by Crippen LogP contribution is -2.47. The van der Waals surface area contributed by atoms with Crippen LogP contribution >= 0.6 is 23.1 Å². The highest BCUT2D eigenvalue weighted by Crippen LogP contribution is 2.24. The summed E-state index contributed by atoms with van der Waals surface area (Å²) in [6.45, 7) is 6.48. The van der Waals surface area contributed by atoms with Crippen LogP contribution in [0, 0.1) is 0 Å². The first kappa shape index (κ1) is 18.6. The number of thiophene rings is 1. The molecule has 4 nitrogen and oxygen atoms in total. The van der Waals surface area contributed by atoms with Crippen molar-refractivity contribution in [2.45, 2.75) is 38.8 Å². The van der Waals surface area contributed by atoms with Crippen LogP contribution in [0.2, 0.25) is 0 Å². The molecule has 0 saturated carbocycles. The van der Waals surface area contributed by atoms with Gasteiger partial charge in [0, 0.05) is 44.1 Å². The minimum absolute atomic E-state index is 0.512.